The van der Waals surface area contributed by atoms with E-state index in [0.29, 0.717) is 16.3 Å². The molecule has 2 aromatic rings. The Morgan fingerprint density at radius 3 is 2.81 bits per heavy atom. The fourth-order valence-corrected chi connectivity index (χ4v) is 6.83. The van der Waals surface area contributed by atoms with Crippen LogP contribution >= 0.6 is 0 Å². The maximum absolute atomic E-state index is 13.2. The van der Waals surface area contributed by atoms with E-state index in [1.807, 2.05) is 0 Å². The second kappa shape index (κ2) is 7.50. The van der Waals surface area contributed by atoms with Gasteiger partial charge < -0.3 is 15.6 Å². The van der Waals surface area contributed by atoms with Crippen molar-refractivity contribution in [2.24, 2.45) is 28.9 Å². The molecule has 3 bridgehead atoms. The zero-order valence-corrected chi connectivity index (χ0v) is 18.1. The van der Waals surface area contributed by atoms with E-state index < -0.39 is 11.9 Å². The number of amides is 2. The van der Waals surface area contributed by atoms with Crippen molar-refractivity contribution in [3.05, 3.63) is 46.4 Å². The largest absolute Gasteiger partial charge is 0.368 e. The van der Waals surface area contributed by atoms with Crippen LogP contribution in [0.4, 0.5) is 0 Å². The molecule has 3 fully saturated rings. The number of primary amides is 1. The van der Waals surface area contributed by atoms with Crippen molar-refractivity contribution in [2.45, 2.75) is 57.9 Å². The van der Waals surface area contributed by atoms with Crippen LogP contribution in [-0.4, -0.2) is 22.9 Å². The summed E-state index contributed by atoms with van der Waals surface area (Å²) < 4.78 is 1.32. The number of fused-ring (bicyclic) bond motifs is 3. The average molecular weight is 422 g/mol. The van der Waals surface area contributed by atoms with Crippen molar-refractivity contribution < 1.29 is 9.59 Å². The van der Waals surface area contributed by atoms with Crippen LogP contribution in [-0.2, 0) is 4.79 Å². The number of aromatic nitrogens is 1. The average Bonchev–Trinajstić information content (AvgIpc) is 2.97. The number of benzene rings is 1. The van der Waals surface area contributed by atoms with Crippen molar-refractivity contribution in [1.82, 2.24) is 9.88 Å². The maximum Gasteiger partial charge on any atom is 0.259 e. The standard InChI is InChI=1S/C25H31N3O3/c1-15(22(26)29)28-9-7-19-20(5-2-6-21(19)24(28)31)23(30)27-14-25-8-3-4-17-10-16(12-25)11-18(17)13-25/h2,5-7,9,15-18H,3-4,8,10-14H2,1H3,(H2,26,29)(H,27,30)/t15-,16?,17?,18?,25?/m1/s1. The molecule has 1 aromatic heterocycles. The molecule has 3 N–H and O–H groups in total. The van der Waals surface area contributed by atoms with E-state index in [2.05, 4.69) is 5.32 Å². The lowest BCUT2D eigenvalue weighted by Crippen LogP contribution is -2.41. The van der Waals surface area contributed by atoms with Gasteiger partial charge in [0.1, 0.15) is 6.04 Å². The van der Waals surface area contributed by atoms with Crippen LogP contribution in [0.2, 0.25) is 0 Å². The van der Waals surface area contributed by atoms with Gasteiger partial charge in [0, 0.05) is 29.1 Å². The molecule has 1 aromatic carbocycles. The molecule has 4 unspecified atom stereocenters. The number of carbonyl (C=O) groups excluding carboxylic acids is 2. The van der Waals surface area contributed by atoms with Crippen molar-refractivity contribution in [1.29, 1.82) is 0 Å². The molecule has 5 rings (SSSR count). The summed E-state index contributed by atoms with van der Waals surface area (Å²) in [6.07, 6.45) is 10.7. The number of pyridine rings is 1. The molecule has 1 heterocycles. The highest BCUT2D eigenvalue weighted by molar-refractivity contribution is 6.06. The molecule has 31 heavy (non-hydrogen) atoms. The summed E-state index contributed by atoms with van der Waals surface area (Å²) in [5.74, 6) is 1.90. The molecule has 3 saturated carbocycles. The minimum atomic E-state index is -0.741. The predicted molar refractivity (Wildman–Crippen MR) is 120 cm³/mol. The number of hydrogen-bond donors (Lipinski definition) is 2. The maximum atomic E-state index is 13.2. The SMILES string of the molecule is C[C@H](C(N)=O)n1ccc2c(C(=O)NCC34CCCC5CC(CC5C3)C4)cccc2c1=O. The molecule has 6 heteroatoms. The number of rotatable bonds is 5. The predicted octanol–water partition coefficient (Wildman–Crippen LogP) is 3.38. The van der Waals surface area contributed by atoms with Gasteiger partial charge in [0.05, 0.1) is 0 Å². The Morgan fingerprint density at radius 1 is 1.19 bits per heavy atom. The summed E-state index contributed by atoms with van der Waals surface area (Å²) in [5, 5.41) is 4.26. The molecule has 3 aliphatic rings. The summed E-state index contributed by atoms with van der Waals surface area (Å²) in [4.78, 5) is 37.6. The van der Waals surface area contributed by atoms with E-state index >= 15 is 0 Å². The van der Waals surface area contributed by atoms with Crippen molar-refractivity contribution >= 4 is 22.6 Å². The molecule has 0 saturated heterocycles. The Hall–Kier alpha value is -2.63. The smallest absolute Gasteiger partial charge is 0.259 e. The minimum absolute atomic E-state index is 0.126. The summed E-state index contributed by atoms with van der Waals surface area (Å²) in [7, 11) is 0. The fourth-order valence-electron chi connectivity index (χ4n) is 6.83. The molecule has 164 valence electrons. The molecule has 3 aliphatic carbocycles. The van der Waals surface area contributed by atoms with Gasteiger partial charge in [0.25, 0.3) is 11.5 Å². The Labute approximate surface area is 182 Å². The van der Waals surface area contributed by atoms with Gasteiger partial charge in [0.2, 0.25) is 5.91 Å². The monoisotopic (exact) mass is 421 g/mol. The third-order valence-corrected chi connectivity index (χ3v) is 8.31. The topological polar surface area (TPSA) is 94.2 Å². The van der Waals surface area contributed by atoms with Crippen molar-refractivity contribution in [2.75, 3.05) is 6.54 Å². The number of nitrogens with zero attached hydrogens (tertiary/aromatic N) is 1. The molecule has 2 amide bonds. The van der Waals surface area contributed by atoms with Crippen molar-refractivity contribution in [3.8, 4) is 0 Å². The number of nitrogens with one attached hydrogen (secondary N) is 1. The van der Waals surface area contributed by atoms with Gasteiger partial charge in [-0.3, -0.25) is 14.4 Å². The number of hydrogen-bond acceptors (Lipinski definition) is 3. The van der Waals surface area contributed by atoms with E-state index in [4.69, 9.17) is 5.73 Å². The first-order chi connectivity index (χ1) is 14.9. The summed E-state index contributed by atoms with van der Waals surface area (Å²) in [5.41, 5.74) is 5.81. The van der Waals surface area contributed by atoms with Gasteiger partial charge in [-0.05, 0) is 80.4 Å². The molecule has 6 nitrogen and oxygen atoms in total. The Balaban J connectivity index is 1.39. The molecule has 0 radical (unpaired) electrons. The molecular formula is C25H31N3O3. The first-order valence-corrected chi connectivity index (χ1v) is 11.6. The van der Waals surface area contributed by atoms with Gasteiger partial charge in [-0.25, -0.2) is 0 Å². The lowest BCUT2D eigenvalue weighted by molar-refractivity contribution is -0.120. The third kappa shape index (κ3) is 3.46. The van der Waals surface area contributed by atoms with Gasteiger partial charge >= 0.3 is 0 Å². The van der Waals surface area contributed by atoms with E-state index in [1.54, 1.807) is 37.4 Å². The van der Waals surface area contributed by atoms with Gasteiger partial charge in [0.15, 0.2) is 0 Å². The summed E-state index contributed by atoms with van der Waals surface area (Å²) in [6, 6.07) is 6.19. The first-order valence-electron chi connectivity index (χ1n) is 11.6. The Kier molecular flexibility index (Phi) is 4.91. The van der Waals surface area contributed by atoms with Crippen molar-refractivity contribution in [3.63, 3.8) is 0 Å². The van der Waals surface area contributed by atoms with E-state index in [0.717, 1.165) is 24.3 Å². The fraction of sp³-hybridized carbons (Fsp3) is 0.560. The highest BCUT2D eigenvalue weighted by Crippen LogP contribution is 2.58. The van der Waals surface area contributed by atoms with Crippen LogP contribution < -0.4 is 16.6 Å². The normalized spacial score (nSPS) is 30.2. The lowest BCUT2D eigenvalue weighted by atomic mass is 9.67. The zero-order chi connectivity index (χ0) is 21.8. The van der Waals surface area contributed by atoms with Gasteiger partial charge in [-0.2, -0.15) is 0 Å². The van der Waals surface area contributed by atoms with Crippen LogP contribution in [0.1, 0.15) is 68.3 Å². The molecule has 5 atom stereocenters. The van der Waals surface area contributed by atoms with Crippen LogP contribution in [0.3, 0.4) is 0 Å². The molecular weight excluding hydrogens is 390 g/mol. The van der Waals surface area contributed by atoms with Crippen LogP contribution in [0.15, 0.2) is 35.3 Å². The van der Waals surface area contributed by atoms with Crippen LogP contribution in [0.5, 0.6) is 0 Å². The second-order valence-electron chi connectivity index (χ2n) is 10.2. The van der Waals surface area contributed by atoms with Crippen LogP contribution in [0.25, 0.3) is 10.8 Å². The van der Waals surface area contributed by atoms with Gasteiger partial charge in [-0.15, -0.1) is 0 Å². The van der Waals surface area contributed by atoms with E-state index in [-0.39, 0.29) is 16.9 Å². The first kappa shape index (κ1) is 20.3. The number of carbonyl (C=O) groups is 2. The Morgan fingerprint density at radius 2 is 2.00 bits per heavy atom. The second-order valence-corrected chi connectivity index (χ2v) is 10.2. The molecule has 0 spiro atoms. The van der Waals surface area contributed by atoms with Gasteiger partial charge in [-0.1, -0.05) is 18.9 Å². The highest BCUT2D eigenvalue weighted by atomic mass is 16.2. The Bertz CT molecular complexity index is 1110. The minimum Gasteiger partial charge on any atom is -0.368 e. The quantitative estimate of drug-likeness (QED) is 0.775. The van der Waals surface area contributed by atoms with Crippen LogP contribution in [0, 0.1) is 23.2 Å². The highest BCUT2D eigenvalue weighted by Gasteiger charge is 2.49. The van der Waals surface area contributed by atoms with E-state index in [9.17, 15) is 14.4 Å². The third-order valence-electron chi connectivity index (χ3n) is 8.31. The lowest BCUT2D eigenvalue weighted by Gasteiger charge is -2.40. The zero-order valence-electron chi connectivity index (χ0n) is 18.1. The summed E-state index contributed by atoms with van der Waals surface area (Å²) >= 11 is 0. The molecule has 0 aliphatic heterocycles. The van der Waals surface area contributed by atoms with E-state index in [1.165, 1.54) is 49.5 Å². The number of nitrogens with two attached hydrogens (primary N) is 1. The summed E-state index contributed by atoms with van der Waals surface area (Å²) in [6.45, 7) is 2.32.